The van der Waals surface area contributed by atoms with Gasteiger partial charge in [0.2, 0.25) is 5.91 Å². The monoisotopic (exact) mass is 414 g/mol. The number of hydrogen-bond acceptors (Lipinski definition) is 4. The van der Waals surface area contributed by atoms with Gasteiger partial charge in [0.05, 0.1) is 19.1 Å². The first-order valence-electron chi connectivity index (χ1n) is 10.1. The molecule has 0 aliphatic carbocycles. The number of hydrogen-bond donors (Lipinski definition) is 1. The SMILES string of the molecule is COCCOCC(=O)N1CCCc2cc(C(C)C(=O)Nc3ccc(F)cc3)ccc21. The highest BCUT2D eigenvalue weighted by atomic mass is 19.1. The lowest BCUT2D eigenvalue weighted by atomic mass is 9.93. The predicted octanol–water partition coefficient (Wildman–Crippen LogP) is 3.51. The fraction of sp³-hybridized carbons (Fsp3) is 0.391. The van der Waals surface area contributed by atoms with Crippen molar-refractivity contribution in [2.24, 2.45) is 0 Å². The van der Waals surface area contributed by atoms with Crippen LogP contribution < -0.4 is 10.2 Å². The zero-order valence-corrected chi connectivity index (χ0v) is 17.3. The zero-order valence-electron chi connectivity index (χ0n) is 17.3. The molecule has 0 saturated heterocycles. The molecule has 1 aliphatic heterocycles. The molecule has 2 amide bonds. The largest absolute Gasteiger partial charge is 0.382 e. The van der Waals surface area contributed by atoms with Crippen LogP contribution in [0.4, 0.5) is 15.8 Å². The number of carbonyl (C=O) groups excluding carboxylic acids is 2. The number of nitrogens with one attached hydrogen (secondary N) is 1. The number of anilines is 2. The van der Waals surface area contributed by atoms with Crippen LogP contribution in [0.1, 0.15) is 30.4 Å². The number of nitrogens with zero attached hydrogens (tertiary/aromatic N) is 1. The topological polar surface area (TPSA) is 67.9 Å². The number of halogens is 1. The third-order valence-corrected chi connectivity index (χ3v) is 5.19. The van der Waals surface area contributed by atoms with E-state index in [4.69, 9.17) is 9.47 Å². The summed E-state index contributed by atoms with van der Waals surface area (Å²) in [5.41, 5.74) is 3.34. The van der Waals surface area contributed by atoms with Gasteiger partial charge in [-0.2, -0.15) is 0 Å². The number of ether oxygens (including phenoxy) is 2. The van der Waals surface area contributed by atoms with Crippen molar-refractivity contribution in [2.75, 3.05) is 43.7 Å². The average Bonchev–Trinajstić information content (AvgIpc) is 2.76. The van der Waals surface area contributed by atoms with Crippen molar-refractivity contribution in [1.29, 1.82) is 0 Å². The van der Waals surface area contributed by atoms with E-state index in [0.717, 1.165) is 29.7 Å². The Balaban J connectivity index is 1.67. The van der Waals surface area contributed by atoms with Gasteiger partial charge in [-0.05, 0) is 61.2 Å². The molecule has 0 radical (unpaired) electrons. The normalized spacial score (nSPS) is 14.2. The molecule has 1 aliphatic rings. The van der Waals surface area contributed by atoms with Crippen LogP contribution in [-0.2, 0) is 25.5 Å². The van der Waals surface area contributed by atoms with Crippen molar-refractivity contribution < 1.29 is 23.5 Å². The number of carbonyl (C=O) groups is 2. The van der Waals surface area contributed by atoms with Crippen molar-refractivity contribution in [2.45, 2.75) is 25.7 Å². The number of amides is 2. The van der Waals surface area contributed by atoms with Crippen LogP contribution in [-0.4, -0.2) is 45.3 Å². The van der Waals surface area contributed by atoms with Crippen LogP contribution in [0.5, 0.6) is 0 Å². The Bertz CT molecular complexity index is 885. The van der Waals surface area contributed by atoms with Gasteiger partial charge in [-0.25, -0.2) is 4.39 Å². The predicted molar refractivity (Wildman–Crippen MR) is 113 cm³/mol. The first-order chi connectivity index (χ1) is 14.5. The van der Waals surface area contributed by atoms with E-state index in [0.29, 0.717) is 25.4 Å². The van der Waals surface area contributed by atoms with Gasteiger partial charge in [0.25, 0.3) is 5.91 Å². The van der Waals surface area contributed by atoms with Crippen molar-refractivity contribution in [3.63, 3.8) is 0 Å². The summed E-state index contributed by atoms with van der Waals surface area (Å²) < 4.78 is 23.3. The van der Waals surface area contributed by atoms with Crippen LogP contribution in [0, 0.1) is 5.82 Å². The molecular weight excluding hydrogens is 387 g/mol. The summed E-state index contributed by atoms with van der Waals surface area (Å²) in [6.45, 7) is 3.32. The molecular formula is C23H27FN2O4. The summed E-state index contributed by atoms with van der Waals surface area (Å²) in [7, 11) is 1.59. The van der Waals surface area contributed by atoms with Gasteiger partial charge >= 0.3 is 0 Å². The van der Waals surface area contributed by atoms with Crippen LogP contribution in [0.25, 0.3) is 0 Å². The second-order valence-electron chi connectivity index (χ2n) is 7.30. The molecule has 7 heteroatoms. The summed E-state index contributed by atoms with van der Waals surface area (Å²) >= 11 is 0. The van der Waals surface area contributed by atoms with Crippen LogP contribution >= 0.6 is 0 Å². The number of fused-ring (bicyclic) bond motifs is 1. The van der Waals surface area contributed by atoms with Crippen molar-refractivity contribution in [3.8, 4) is 0 Å². The van der Waals surface area contributed by atoms with Crippen molar-refractivity contribution in [1.82, 2.24) is 0 Å². The van der Waals surface area contributed by atoms with E-state index < -0.39 is 0 Å². The Morgan fingerprint density at radius 2 is 1.93 bits per heavy atom. The van der Waals surface area contributed by atoms with Gasteiger partial charge in [-0.3, -0.25) is 9.59 Å². The van der Waals surface area contributed by atoms with Gasteiger partial charge in [0.1, 0.15) is 12.4 Å². The van der Waals surface area contributed by atoms with E-state index in [9.17, 15) is 14.0 Å². The Morgan fingerprint density at radius 1 is 1.17 bits per heavy atom. The molecule has 1 atom stereocenters. The lowest BCUT2D eigenvalue weighted by Gasteiger charge is -2.30. The molecule has 1 N–H and O–H groups in total. The van der Waals surface area contributed by atoms with E-state index in [-0.39, 0.29) is 30.2 Å². The third-order valence-electron chi connectivity index (χ3n) is 5.19. The van der Waals surface area contributed by atoms with E-state index in [1.165, 1.54) is 24.3 Å². The highest BCUT2D eigenvalue weighted by Crippen LogP contribution is 2.31. The first-order valence-corrected chi connectivity index (χ1v) is 10.1. The maximum absolute atomic E-state index is 13.0. The summed E-state index contributed by atoms with van der Waals surface area (Å²) in [5.74, 6) is -0.985. The Labute approximate surface area is 176 Å². The molecule has 160 valence electrons. The van der Waals surface area contributed by atoms with Gasteiger partial charge in [-0.1, -0.05) is 12.1 Å². The van der Waals surface area contributed by atoms with E-state index >= 15 is 0 Å². The van der Waals surface area contributed by atoms with Crippen LogP contribution in [0.15, 0.2) is 42.5 Å². The summed E-state index contributed by atoms with van der Waals surface area (Å²) in [6.07, 6.45) is 1.71. The molecule has 1 unspecified atom stereocenters. The highest BCUT2D eigenvalue weighted by molar-refractivity contribution is 5.97. The molecule has 2 aromatic carbocycles. The summed E-state index contributed by atoms with van der Waals surface area (Å²) in [4.78, 5) is 26.9. The molecule has 2 aromatic rings. The fourth-order valence-corrected chi connectivity index (χ4v) is 3.46. The quantitative estimate of drug-likeness (QED) is 0.672. The molecule has 6 nitrogen and oxygen atoms in total. The lowest BCUT2D eigenvalue weighted by Crippen LogP contribution is -2.38. The van der Waals surface area contributed by atoms with Crippen LogP contribution in [0.2, 0.25) is 0 Å². The Morgan fingerprint density at radius 3 is 2.67 bits per heavy atom. The average molecular weight is 414 g/mol. The number of rotatable bonds is 8. The number of aryl methyl sites for hydroxylation is 1. The molecule has 1 heterocycles. The smallest absolute Gasteiger partial charge is 0.252 e. The number of benzene rings is 2. The summed E-state index contributed by atoms with van der Waals surface area (Å²) in [5, 5.41) is 2.81. The maximum Gasteiger partial charge on any atom is 0.252 e. The second-order valence-corrected chi connectivity index (χ2v) is 7.30. The molecule has 0 saturated carbocycles. The number of methoxy groups -OCH3 is 1. The van der Waals surface area contributed by atoms with Gasteiger partial charge in [0.15, 0.2) is 0 Å². The molecule has 0 fully saturated rings. The van der Waals surface area contributed by atoms with Gasteiger partial charge in [0, 0.05) is 25.0 Å². The van der Waals surface area contributed by atoms with E-state index in [1.807, 2.05) is 25.1 Å². The minimum absolute atomic E-state index is 0.0149. The van der Waals surface area contributed by atoms with E-state index in [2.05, 4.69) is 5.32 Å². The minimum atomic E-state index is -0.385. The fourth-order valence-electron chi connectivity index (χ4n) is 3.46. The highest BCUT2D eigenvalue weighted by Gasteiger charge is 2.24. The third kappa shape index (κ3) is 5.43. The first kappa shape index (κ1) is 21.9. The van der Waals surface area contributed by atoms with E-state index in [1.54, 1.807) is 12.0 Å². The zero-order chi connectivity index (χ0) is 21.5. The molecule has 0 spiro atoms. The molecule has 0 aromatic heterocycles. The van der Waals surface area contributed by atoms with Gasteiger partial charge < -0.3 is 19.7 Å². The van der Waals surface area contributed by atoms with Crippen molar-refractivity contribution >= 4 is 23.2 Å². The summed E-state index contributed by atoms with van der Waals surface area (Å²) in [6, 6.07) is 11.5. The molecule has 0 bridgehead atoms. The Hall–Kier alpha value is -2.77. The van der Waals surface area contributed by atoms with Crippen LogP contribution in [0.3, 0.4) is 0 Å². The maximum atomic E-state index is 13.0. The second kappa shape index (κ2) is 10.3. The molecule has 30 heavy (non-hydrogen) atoms. The minimum Gasteiger partial charge on any atom is -0.382 e. The molecule has 3 rings (SSSR count). The standard InChI is InChI=1S/C23H27FN2O4/c1-16(23(28)25-20-8-6-19(24)7-9-20)17-5-10-21-18(14-17)4-3-11-26(21)22(27)15-30-13-12-29-2/h5-10,14,16H,3-4,11-13,15H2,1-2H3,(H,25,28). The Kier molecular flexibility index (Phi) is 7.54. The van der Waals surface area contributed by atoms with Crippen molar-refractivity contribution in [3.05, 3.63) is 59.4 Å². The van der Waals surface area contributed by atoms with Gasteiger partial charge in [-0.15, -0.1) is 0 Å². The lowest BCUT2D eigenvalue weighted by molar-refractivity contribution is -0.123.